The molecule has 1 fully saturated rings. The van der Waals surface area contributed by atoms with Gasteiger partial charge in [0.1, 0.15) is 5.60 Å². The third kappa shape index (κ3) is 0.876. The van der Waals surface area contributed by atoms with Crippen molar-refractivity contribution in [3.05, 3.63) is 0 Å². The van der Waals surface area contributed by atoms with Crippen LogP contribution in [0.15, 0.2) is 0 Å². The Bertz CT molecular complexity index is 64.1. The van der Waals surface area contributed by atoms with Crippen molar-refractivity contribution < 1.29 is 9.84 Å². The van der Waals surface area contributed by atoms with Crippen LogP contribution in [0.5, 0.6) is 0 Å². The molecule has 3 heteroatoms. The van der Waals surface area contributed by atoms with Gasteiger partial charge in [-0.15, -0.1) is 11.6 Å². The fourth-order valence-corrected chi connectivity index (χ4v) is 0.552. The summed E-state index contributed by atoms with van der Waals surface area (Å²) in [4.78, 5) is 0. The summed E-state index contributed by atoms with van der Waals surface area (Å²) in [5.74, 6) is 0.406. The Balaban J connectivity index is 2.28. The van der Waals surface area contributed by atoms with E-state index in [-0.39, 0.29) is 12.2 Å². The quantitative estimate of drug-likeness (QED) is 0.413. The minimum absolute atomic E-state index is 0.0521. The second-order valence-electron chi connectivity index (χ2n) is 1.76. The molecular weight excluding hydrogens is 115 g/mol. The highest BCUT2D eigenvalue weighted by atomic mass is 35.5. The van der Waals surface area contributed by atoms with E-state index in [0.717, 1.165) is 0 Å². The number of hydrogen-bond donors (Lipinski definition) is 1. The molecule has 0 spiro atoms. The predicted octanol–water partition coefficient (Wildman–Crippen LogP) is -0.0135. The summed E-state index contributed by atoms with van der Waals surface area (Å²) >= 11 is 5.37. The van der Waals surface area contributed by atoms with E-state index in [2.05, 4.69) is 0 Å². The molecule has 42 valence electrons. The van der Waals surface area contributed by atoms with Gasteiger partial charge >= 0.3 is 0 Å². The molecule has 1 saturated heterocycles. The van der Waals surface area contributed by atoms with E-state index in [4.69, 9.17) is 21.4 Å². The maximum atomic E-state index is 8.45. The van der Waals surface area contributed by atoms with Gasteiger partial charge < -0.3 is 9.84 Å². The standard InChI is InChI=1S/C4H7ClO2/c5-1-4(2-6)3-7-4/h6H,1-3H2/t4-/m0/s1. The molecule has 0 bridgehead atoms. The summed E-state index contributed by atoms with van der Waals surface area (Å²) in [6.45, 7) is 0.670. The lowest BCUT2D eigenvalue weighted by Crippen LogP contribution is -2.17. The normalized spacial score (nSPS) is 38.6. The molecule has 0 aliphatic carbocycles. The van der Waals surface area contributed by atoms with Crippen molar-refractivity contribution in [1.82, 2.24) is 0 Å². The zero-order valence-electron chi connectivity index (χ0n) is 3.85. The SMILES string of the molecule is OC[C@@]1(CCl)CO1. The topological polar surface area (TPSA) is 32.8 Å². The van der Waals surface area contributed by atoms with Crippen molar-refractivity contribution in [3.63, 3.8) is 0 Å². The van der Waals surface area contributed by atoms with E-state index in [1.165, 1.54) is 0 Å². The molecule has 0 aromatic rings. The Hall–Kier alpha value is 0.210. The Labute approximate surface area is 47.0 Å². The Morgan fingerprint density at radius 3 is 2.43 bits per heavy atom. The predicted molar refractivity (Wildman–Crippen MR) is 26.5 cm³/mol. The van der Waals surface area contributed by atoms with Crippen molar-refractivity contribution in [2.24, 2.45) is 0 Å². The zero-order valence-corrected chi connectivity index (χ0v) is 4.61. The summed E-state index contributed by atoms with van der Waals surface area (Å²) in [6.07, 6.45) is 0. The third-order valence-electron chi connectivity index (χ3n) is 1.08. The Morgan fingerprint density at radius 1 is 1.86 bits per heavy atom. The van der Waals surface area contributed by atoms with Gasteiger partial charge in [0.05, 0.1) is 19.1 Å². The molecule has 1 aliphatic rings. The van der Waals surface area contributed by atoms with E-state index >= 15 is 0 Å². The van der Waals surface area contributed by atoms with Gasteiger partial charge in [-0.25, -0.2) is 0 Å². The first-order valence-electron chi connectivity index (χ1n) is 2.14. The van der Waals surface area contributed by atoms with Crippen LogP contribution in [0.25, 0.3) is 0 Å². The molecule has 1 rings (SSSR count). The fourth-order valence-electron chi connectivity index (χ4n) is 0.313. The van der Waals surface area contributed by atoms with Crippen LogP contribution in [0.1, 0.15) is 0 Å². The van der Waals surface area contributed by atoms with Crippen LogP contribution in [-0.2, 0) is 4.74 Å². The van der Waals surface area contributed by atoms with E-state index in [9.17, 15) is 0 Å². The lowest BCUT2D eigenvalue weighted by Gasteiger charge is -1.97. The van der Waals surface area contributed by atoms with Crippen LogP contribution in [0.2, 0.25) is 0 Å². The number of rotatable bonds is 2. The first-order chi connectivity index (χ1) is 3.33. The number of ether oxygens (including phenoxy) is 1. The lowest BCUT2D eigenvalue weighted by molar-refractivity contribution is 0.187. The molecule has 0 amide bonds. The highest BCUT2D eigenvalue weighted by molar-refractivity contribution is 6.18. The van der Waals surface area contributed by atoms with Crippen LogP contribution in [-0.4, -0.2) is 29.8 Å². The van der Waals surface area contributed by atoms with Gasteiger partial charge in [-0.2, -0.15) is 0 Å². The molecule has 0 aromatic carbocycles. The van der Waals surface area contributed by atoms with Gasteiger partial charge in [-0.3, -0.25) is 0 Å². The highest BCUT2D eigenvalue weighted by Gasteiger charge is 2.43. The summed E-state index contributed by atoms with van der Waals surface area (Å²) < 4.78 is 4.81. The van der Waals surface area contributed by atoms with Gasteiger partial charge in [-0.1, -0.05) is 0 Å². The number of hydrogen-bond acceptors (Lipinski definition) is 2. The number of aliphatic hydroxyl groups is 1. The maximum Gasteiger partial charge on any atom is 0.128 e. The van der Waals surface area contributed by atoms with Gasteiger partial charge in [0.15, 0.2) is 0 Å². The van der Waals surface area contributed by atoms with E-state index in [0.29, 0.717) is 12.5 Å². The molecule has 0 saturated carbocycles. The number of halogens is 1. The van der Waals surface area contributed by atoms with Crippen molar-refractivity contribution >= 4 is 11.6 Å². The summed E-state index contributed by atoms with van der Waals surface area (Å²) in [6, 6.07) is 0. The van der Waals surface area contributed by atoms with E-state index in [1.807, 2.05) is 0 Å². The molecule has 1 N–H and O–H groups in total. The first kappa shape index (κ1) is 5.35. The average molecular weight is 123 g/mol. The van der Waals surface area contributed by atoms with Crippen LogP contribution in [0.4, 0.5) is 0 Å². The largest absolute Gasteiger partial charge is 0.393 e. The molecule has 0 unspecified atom stereocenters. The molecule has 1 heterocycles. The smallest absolute Gasteiger partial charge is 0.128 e. The summed E-state index contributed by atoms with van der Waals surface area (Å²) in [7, 11) is 0. The minimum atomic E-state index is -0.346. The van der Waals surface area contributed by atoms with E-state index in [1.54, 1.807) is 0 Å². The van der Waals surface area contributed by atoms with Gasteiger partial charge in [0.2, 0.25) is 0 Å². The Morgan fingerprint density at radius 2 is 2.43 bits per heavy atom. The van der Waals surface area contributed by atoms with Crippen molar-refractivity contribution in [3.8, 4) is 0 Å². The highest BCUT2D eigenvalue weighted by Crippen LogP contribution is 2.26. The van der Waals surface area contributed by atoms with Crippen molar-refractivity contribution in [2.75, 3.05) is 19.1 Å². The number of alkyl halides is 1. The van der Waals surface area contributed by atoms with E-state index < -0.39 is 0 Å². The number of aliphatic hydroxyl groups excluding tert-OH is 1. The monoisotopic (exact) mass is 122 g/mol. The molecule has 1 aliphatic heterocycles. The van der Waals surface area contributed by atoms with Crippen molar-refractivity contribution in [1.29, 1.82) is 0 Å². The van der Waals surface area contributed by atoms with Crippen LogP contribution >= 0.6 is 11.6 Å². The minimum Gasteiger partial charge on any atom is -0.393 e. The summed E-state index contributed by atoms with van der Waals surface area (Å²) in [5, 5.41) is 8.45. The van der Waals surface area contributed by atoms with Crippen LogP contribution in [0.3, 0.4) is 0 Å². The molecule has 0 aromatic heterocycles. The lowest BCUT2D eigenvalue weighted by atomic mass is 10.2. The zero-order chi connectivity index (χ0) is 5.33. The average Bonchev–Trinajstić information content (AvgIpc) is 2.46. The Kier molecular flexibility index (Phi) is 1.24. The van der Waals surface area contributed by atoms with Gasteiger partial charge in [-0.05, 0) is 0 Å². The second kappa shape index (κ2) is 1.62. The molecule has 1 atom stereocenters. The second-order valence-corrected chi connectivity index (χ2v) is 2.03. The fraction of sp³-hybridized carbons (Fsp3) is 1.00. The summed E-state index contributed by atoms with van der Waals surface area (Å²) in [5.41, 5.74) is -0.346. The number of epoxide rings is 1. The van der Waals surface area contributed by atoms with Crippen LogP contribution < -0.4 is 0 Å². The van der Waals surface area contributed by atoms with Gasteiger partial charge in [0, 0.05) is 0 Å². The molecular formula is C4H7ClO2. The molecule has 2 nitrogen and oxygen atoms in total. The third-order valence-corrected chi connectivity index (χ3v) is 1.57. The van der Waals surface area contributed by atoms with Crippen LogP contribution in [0, 0.1) is 0 Å². The first-order valence-corrected chi connectivity index (χ1v) is 2.67. The van der Waals surface area contributed by atoms with Gasteiger partial charge in [0.25, 0.3) is 0 Å². The van der Waals surface area contributed by atoms with Crippen molar-refractivity contribution in [2.45, 2.75) is 5.60 Å². The maximum absolute atomic E-state index is 8.45. The molecule has 0 radical (unpaired) electrons. The molecule has 7 heavy (non-hydrogen) atoms.